The monoisotopic (exact) mass is 581 g/mol. The van der Waals surface area contributed by atoms with Crippen LogP contribution >= 0.6 is 0 Å². The molecule has 8 rings (SSSR count). The summed E-state index contributed by atoms with van der Waals surface area (Å²) in [6, 6.07) is 53.5. The average Bonchev–Trinajstić information content (AvgIpc) is 3.42. The number of rotatable bonds is 3. The fraction of sp³-hybridized carbons (Fsp3) is 0.136. The van der Waals surface area contributed by atoms with E-state index in [-0.39, 0.29) is 5.41 Å². The molecule has 8 aromatic rings. The molecule has 0 unspecified atom stereocenters. The first-order chi connectivity index (χ1) is 22.0. The maximum absolute atomic E-state index is 2.43. The van der Waals surface area contributed by atoms with E-state index >= 15 is 0 Å². The van der Waals surface area contributed by atoms with E-state index in [1.807, 2.05) is 13.8 Å². The van der Waals surface area contributed by atoms with Crippen LogP contribution in [0.15, 0.2) is 146 Å². The predicted octanol–water partition coefficient (Wildman–Crippen LogP) is 12.7. The van der Waals surface area contributed by atoms with Crippen molar-refractivity contribution < 1.29 is 0 Å². The van der Waals surface area contributed by atoms with Gasteiger partial charge in [0.1, 0.15) is 0 Å². The molecule has 0 spiro atoms. The van der Waals surface area contributed by atoms with Gasteiger partial charge in [0, 0.05) is 16.5 Å². The van der Waals surface area contributed by atoms with Crippen LogP contribution in [0, 0.1) is 0 Å². The molecule has 0 radical (unpaired) electrons. The molecule has 0 saturated carbocycles. The van der Waals surface area contributed by atoms with E-state index < -0.39 is 0 Å². The Kier molecular flexibility index (Phi) is 7.26. The van der Waals surface area contributed by atoms with Gasteiger partial charge in [-0.05, 0) is 85.1 Å². The largest absolute Gasteiger partial charge is 0.309 e. The molecule has 1 nitrogen and oxygen atoms in total. The quantitative estimate of drug-likeness (QED) is 0.183. The smallest absolute Gasteiger partial charge is 0.0541 e. The van der Waals surface area contributed by atoms with Crippen LogP contribution in [-0.4, -0.2) is 4.57 Å². The standard InChI is InChI=1S/C42H33N.C2H6/c1-42(2,3)30-23-26-36-37(27-30)41(28-13-5-4-6-14-28)35-18-8-7-17-34(35)40(36)29-21-24-31(25-22-29)43-38-19-11-9-15-32(38)33-16-10-12-20-39(33)43;1-2/h4-27H,1-3H3;1-2H3. The second-order valence-electron chi connectivity index (χ2n) is 12.6. The van der Waals surface area contributed by atoms with Crippen molar-refractivity contribution in [3.63, 3.8) is 0 Å². The molecule has 45 heavy (non-hydrogen) atoms. The lowest BCUT2D eigenvalue weighted by Crippen LogP contribution is -2.10. The summed E-state index contributed by atoms with van der Waals surface area (Å²) in [6.07, 6.45) is 0. The Morgan fingerprint density at radius 3 is 1.40 bits per heavy atom. The van der Waals surface area contributed by atoms with Crippen molar-refractivity contribution in [2.45, 2.75) is 40.0 Å². The highest BCUT2D eigenvalue weighted by Gasteiger charge is 2.20. The van der Waals surface area contributed by atoms with Gasteiger partial charge in [0.25, 0.3) is 0 Å². The van der Waals surface area contributed by atoms with E-state index in [0.29, 0.717) is 0 Å². The summed E-state index contributed by atoms with van der Waals surface area (Å²) in [4.78, 5) is 0. The summed E-state index contributed by atoms with van der Waals surface area (Å²) in [5, 5.41) is 7.72. The number of fused-ring (bicyclic) bond motifs is 5. The Balaban J connectivity index is 0.00000160. The molecule has 0 atom stereocenters. The van der Waals surface area contributed by atoms with Crippen LogP contribution in [0.4, 0.5) is 0 Å². The maximum Gasteiger partial charge on any atom is 0.0541 e. The lowest BCUT2D eigenvalue weighted by molar-refractivity contribution is 0.591. The summed E-state index contributed by atoms with van der Waals surface area (Å²) in [7, 11) is 0. The first kappa shape index (κ1) is 28.6. The number of nitrogens with zero attached hydrogens (tertiary/aromatic N) is 1. The van der Waals surface area contributed by atoms with Gasteiger partial charge in [0.05, 0.1) is 11.0 Å². The van der Waals surface area contributed by atoms with Gasteiger partial charge in [-0.2, -0.15) is 0 Å². The van der Waals surface area contributed by atoms with E-state index in [0.717, 1.165) is 0 Å². The number of aromatic nitrogens is 1. The minimum Gasteiger partial charge on any atom is -0.309 e. The summed E-state index contributed by atoms with van der Waals surface area (Å²) in [5.74, 6) is 0. The van der Waals surface area contributed by atoms with Gasteiger partial charge in [0.15, 0.2) is 0 Å². The normalized spacial score (nSPS) is 11.7. The van der Waals surface area contributed by atoms with Crippen molar-refractivity contribution >= 4 is 43.4 Å². The zero-order valence-electron chi connectivity index (χ0n) is 26.8. The molecule has 1 heterocycles. The Labute approximate surface area is 266 Å². The number of benzene rings is 7. The fourth-order valence-electron chi connectivity index (χ4n) is 6.85. The van der Waals surface area contributed by atoms with Gasteiger partial charge in [0.2, 0.25) is 0 Å². The van der Waals surface area contributed by atoms with Crippen LogP contribution in [0.5, 0.6) is 0 Å². The van der Waals surface area contributed by atoms with Gasteiger partial charge in [-0.25, -0.2) is 0 Å². The Morgan fingerprint density at radius 2 is 0.844 bits per heavy atom. The molecule has 0 N–H and O–H groups in total. The Morgan fingerprint density at radius 1 is 0.400 bits per heavy atom. The third-order valence-electron chi connectivity index (χ3n) is 8.95. The average molecular weight is 582 g/mol. The summed E-state index contributed by atoms with van der Waals surface area (Å²) in [5.41, 5.74) is 10.1. The lowest BCUT2D eigenvalue weighted by atomic mass is 9.81. The molecule has 0 aliphatic carbocycles. The number of para-hydroxylation sites is 2. The van der Waals surface area contributed by atoms with E-state index in [9.17, 15) is 0 Å². The molecule has 0 aliphatic heterocycles. The van der Waals surface area contributed by atoms with Crippen molar-refractivity contribution in [2.24, 2.45) is 0 Å². The predicted molar refractivity (Wildman–Crippen MR) is 197 cm³/mol. The van der Waals surface area contributed by atoms with Gasteiger partial charge in [-0.15, -0.1) is 0 Å². The SMILES string of the molecule is CC.CC(C)(C)c1ccc2c(-c3ccc(-n4c5ccccc5c5ccccc54)cc3)c3ccccc3c(-c3ccccc3)c2c1. The summed E-state index contributed by atoms with van der Waals surface area (Å²) in [6.45, 7) is 10.9. The van der Waals surface area contributed by atoms with Crippen LogP contribution in [0.1, 0.15) is 40.2 Å². The zero-order chi connectivity index (χ0) is 31.1. The minimum absolute atomic E-state index is 0.0535. The van der Waals surface area contributed by atoms with Crippen LogP contribution in [0.25, 0.3) is 71.3 Å². The van der Waals surface area contributed by atoms with Gasteiger partial charge in [-0.3, -0.25) is 0 Å². The molecule has 0 amide bonds. The molecule has 0 bridgehead atoms. The van der Waals surface area contributed by atoms with Crippen molar-refractivity contribution in [3.05, 3.63) is 151 Å². The van der Waals surface area contributed by atoms with E-state index in [2.05, 4.69) is 171 Å². The molecule has 0 fully saturated rings. The van der Waals surface area contributed by atoms with Gasteiger partial charge < -0.3 is 4.57 Å². The summed E-state index contributed by atoms with van der Waals surface area (Å²) < 4.78 is 2.39. The highest BCUT2D eigenvalue weighted by molar-refractivity contribution is 6.21. The van der Waals surface area contributed by atoms with E-state index in [1.54, 1.807) is 0 Å². The first-order valence-corrected chi connectivity index (χ1v) is 16.1. The highest BCUT2D eigenvalue weighted by atomic mass is 15.0. The van der Waals surface area contributed by atoms with Crippen LogP contribution in [0.3, 0.4) is 0 Å². The van der Waals surface area contributed by atoms with Crippen molar-refractivity contribution in [1.82, 2.24) is 4.57 Å². The fourth-order valence-corrected chi connectivity index (χ4v) is 6.85. The molecule has 0 aliphatic rings. The van der Waals surface area contributed by atoms with Crippen molar-refractivity contribution in [2.75, 3.05) is 0 Å². The molecular formula is C44H39N. The van der Waals surface area contributed by atoms with Crippen LogP contribution in [-0.2, 0) is 5.41 Å². The van der Waals surface area contributed by atoms with Crippen molar-refractivity contribution in [1.29, 1.82) is 0 Å². The third kappa shape index (κ3) is 4.80. The second kappa shape index (κ2) is 11.4. The molecular weight excluding hydrogens is 542 g/mol. The number of hydrogen-bond donors (Lipinski definition) is 0. The van der Waals surface area contributed by atoms with Crippen LogP contribution < -0.4 is 0 Å². The molecule has 1 aromatic heterocycles. The maximum atomic E-state index is 2.43. The van der Waals surface area contributed by atoms with Gasteiger partial charge >= 0.3 is 0 Å². The molecule has 220 valence electrons. The minimum atomic E-state index is 0.0535. The van der Waals surface area contributed by atoms with Crippen molar-refractivity contribution in [3.8, 4) is 27.9 Å². The topological polar surface area (TPSA) is 4.93 Å². The molecule has 7 aromatic carbocycles. The second-order valence-corrected chi connectivity index (χ2v) is 12.6. The van der Waals surface area contributed by atoms with E-state index in [1.165, 1.54) is 76.9 Å². The third-order valence-corrected chi connectivity index (χ3v) is 8.95. The van der Waals surface area contributed by atoms with E-state index in [4.69, 9.17) is 0 Å². The Hall–Kier alpha value is -5.14. The first-order valence-electron chi connectivity index (χ1n) is 16.1. The lowest BCUT2D eigenvalue weighted by Gasteiger charge is -2.23. The highest BCUT2D eigenvalue weighted by Crippen LogP contribution is 2.45. The van der Waals surface area contributed by atoms with Gasteiger partial charge in [-0.1, -0.05) is 150 Å². The number of hydrogen-bond acceptors (Lipinski definition) is 0. The molecule has 0 saturated heterocycles. The molecule has 1 heteroatoms. The summed E-state index contributed by atoms with van der Waals surface area (Å²) >= 11 is 0. The zero-order valence-corrected chi connectivity index (χ0v) is 26.8. The Bertz CT molecular complexity index is 2240. The van der Waals surface area contributed by atoms with Crippen LogP contribution in [0.2, 0.25) is 0 Å².